The molecule has 1 aliphatic rings. The molecule has 1 aliphatic heterocycles. The number of amides is 1. The molecule has 0 radical (unpaired) electrons. The largest absolute Gasteiger partial charge is 0.424 e. The summed E-state index contributed by atoms with van der Waals surface area (Å²) in [6.45, 7) is 5.21. The molecule has 0 saturated carbocycles. The van der Waals surface area contributed by atoms with Gasteiger partial charge >= 0.3 is 6.01 Å². The van der Waals surface area contributed by atoms with E-state index in [1.807, 2.05) is 24.3 Å². The number of H-pyrrole nitrogens is 1. The number of aliphatic hydroxyl groups is 1. The highest BCUT2D eigenvalue weighted by Gasteiger charge is 2.23. The summed E-state index contributed by atoms with van der Waals surface area (Å²) in [5.41, 5.74) is 2.91. The number of ether oxygens (including phenoxy) is 1. The highest BCUT2D eigenvalue weighted by molar-refractivity contribution is 5.84. The van der Waals surface area contributed by atoms with Crippen molar-refractivity contribution >= 4 is 16.7 Å². The van der Waals surface area contributed by atoms with Crippen molar-refractivity contribution in [1.29, 1.82) is 0 Å². The average molecular weight is 459 g/mol. The van der Waals surface area contributed by atoms with Gasteiger partial charge in [0.1, 0.15) is 11.9 Å². The molecule has 9 nitrogen and oxygen atoms in total. The Labute approximate surface area is 197 Å². The van der Waals surface area contributed by atoms with Crippen molar-refractivity contribution in [3.63, 3.8) is 0 Å². The molecule has 9 heteroatoms. The zero-order chi connectivity index (χ0) is 23.5. The first kappa shape index (κ1) is 22.0. The molecule has 1 fully saturated rings. The second-order valence-electron chi connectivity index (χ2n) is 8.45. The van der Waals surface area contributed by atoms with Gasteiger partial charge in [0.05, 0.1) is 5.69 Å². The molecule has 34 heavy (non-hydrogen) atoms. The first-order valence-corrected chi connectivity index (χ1v) is 11.3. The Kier molecular flexibility index (Phi) is 6.20. The van der Waals surface area contributed by atoms with Gasteiger partial charge in [-0.2, -0.15) is 5.10 Å². The maximum atomic E-state index is 12.0. The van der Waals surface area contributed by atoms with Crippen molar-refractivity contribution in [2.75, 3.05) is 26.2 Å². The zero-order valence-corrected chi connectivity index (χ0v) is 18.9. The number of aromatic nitrogens is 4. The number of benzene rings is 2. The molecular formula is C25H26N6O3. The van der Waals surface area contributed by atoms with Gasteiger partial charge in [-0.3, -0.25) is 14.8 Å². The smallest absolute Gasteiger partial charge is 0.321 e. The molecule has 2 aromatic carbocycles. The summed E-state index contributed by atoms with van der Waals surface area (Å²) in [6, 6.07) is 14.5. The van der Waals surface area contributed by atoms with Gasteiger partial charge < -0.3 is 14.7 Å². The number of fused-ring (bicyclic) bond motifs is 1. The molecular weight excluding hydrogens is 432 g/mol. The normalized spacial score (nSPS) is 15.4. The van der Waals surface area contributed by atoms with E-state index >= 15 is 0 Å². The van der Waals surface area contributed by atoms with Gasteiger partial charge in [0, 0.05) is 56.9 Å². The maximum Gasteiger partial charge on any atom is 0.321 e. The van der Waals surface area contributed by atoms with Gasteiger partial charge in [0.15, 0.2) is 0 Å². The van der Waals surface area contributed by atoms with Gasteiger partial charge in [-0.15, -0.1) is 0 Å². The summed E-state index contributed by atoms with van der Waals surface area (Å²) in [5, 5.41) is 18.5. The number of rotatable bonds is 6. The van der Waals surface area contributed by atoms with Crippen LogP contribution in [0, 0.1) is 0 Å². The fraction of sp³-hybridized carbons (Fsp3) is 0.280. The lowest BCUT2D eigenvalue weighted by atomic mass is 10.1. The summed E-state index contributed by atoms with van der Waals surface area (Å²) in [4.78, 5) is 24.6. The predicted octanol–water partition coefficient (Wildman–Crippen LogP) is 2.84. The number of hydrogen-bond acceptors (Lipinski definition) is 7. The van der Waals surface area contributed by atoms with Crippen molar-refractivity contribution in [2.45, 2.75) is 19.6 Å². The van der Waals surface area contributed by atoms with E-state index in [1.54, 1.807) is 23.5 Å². The van der Waals surface area contributed by atoms with Crippen molar-refractivity contribution in [3.05, 3.63) is 66.6 Å². The molecule has 2 N–H and O–H groups in total. The Bertz CT molecular complexity index is 1270. The Balaban J connectivity index is 1.21. The first-order chi connectivity index (χ1) is 16.5. The number of nitrogens with one attached hydrogen (secondary N) is 1. The molecule has 4 aromatic rings. The van der Waals surface area contributed by atoms with E-state index in [0.717, 1.165) is 41.7 Å². The number of piperazine rings is 1. The number of carbonyl (C=O) groups excluding carboxylic acids is 1. The van der Waals surface area contributed by atoms with Crippen LogP contribution in [-0.4, -0.2) is 73.3 Å². The SMILES string of the molecule is CC(O)C(=O)N1CCN(Cc2ccc3cc(Oc4ncc(-c5ccn[nH]5)cn4)ccc3c2)CC1. The third-order valence-electron chi connectivity index (χ3n) is 5.97. The average Bonchev–Trinajstić information content (AvgIpc) is 3.40. The lowest BCUT2D eigenvalue weighted by molar-refractivity contribution is -0.141. The Morgan fingerprint density at radius 1 is 1.06 bits per heavy atom. The van der Waals surface area contributed by atoms with E-state index in [0.29, 0.717) is 18.8 Å². The predicted molar refractivity (Wildman–Crippen MR) is 127 cm³/mol. The van der Waals surface area contributed by atoms with E-state index in [1.165, 1.54) is 12.5 Å². The maximum absolute atomic E-state index is 12.0. The summed E-state index contributed by atoms with van der Waals surface area (Å²) < 4.78 is 5.85. The van der Waals surface area contributed by atoms with Crippen LogP contribution in [0.5, 0.6) is 11.8 Å². The number of nitrogens with zero attached hydrogens (tertiary/aromatic N) is 5. The second kappa shape index (κ2) is 9.58. The van der Waals surface area contributed by atoms with E-state index in [9.17, 15) is 9.90 Å². The third-order valence-corrected chi connectivity index (χ3v) is 5.97. The molecule has 1 atom stereocenters. The highest BCUT2D eigenvalue weighted by Crippen LogP contribution is 2.26. The monoisotopic (exact) mass is 458 g/mol. The first-order valence-electron chi connectivity index (χ1n) is 11.3. The third kappa shape index (κ3) is 4.90. The van der Waals surface area contributed by atoms with Crippen LogP contribution in [0.2, 0.25) is 0 Å². The topological polar surface area (TPSA) is 107 Å². The van der Waals surface area contributed by atoms with Gasteiger partial charge in [-0.1, -0.05) is 18.2 Å². The summed E-state index contributed by atoms with van der Waals surface area (Å²) in [6.07, 6.45) is 4.14. The van der Waals surface area contributed by atoms with Crippen LogP contribution < -0.4 is 4.74 Å². The fourth-order valence-corrected chi connectivity index (χ4v) is 4.11. The Hall–Kier alpha value is -3.82. The fourth-order valence-electron chi connectivity index (χ4n) is 4.11. The minimum absolute atomic E-state index is 0.192. The quantitative estimate of drug-likeness (QED) is 0.457. The number of aromatic amines is 1. The lowest BCUT2D eigenvalue weighted by Gasteiger charge is -2.35. The molecule has 0 bridgehead atoms. The molecule has 2 aromatic heterocycles. The van der Waals surface area contributed by atoms with Gasteiger partial charge in [-0.25, -0.2) is 9.97 Å². The van der Waals surface area contributed by atoms with Crippen LogP contribution >= 0.6 is 0 Å². The van der Waals surface area contributed by atoms with Crippen molar-refractivity contribution < 1.29 is 14.6 Å². The van der Waals surface area contributed by atoms with Crippen molar-refractivity contribution in [1.82, 2.24) is 30.0 Å². The summed E-state index contributed by atoms with van der Waals surface area (Å²) in [7, 11) is 0. The van der Waals surface area contributed by atoms with Crippen molar-refractivity contribution in [3.8, 4) is 23.0 Å². The van der Waals surface area contributed by atoms with Crippen LogP contribution in [0.1, 0.15) is 12.5 Å². The Morgan fingerprint density at radius 3 is 2.50 bits per heavy atom. The van der Waals surface area contributed by atoms with E-state index in [4.69, 9.17) is 4.74 Å². The zero-order valence-electron chi connectivity index (χ0n) is 18.9. The van der Waals surface area contributed by atoms with Crippen LogP contribution in [0.25, 0.3) is 22.0 Å². The molecule has 174 valence electrons. The number of aliphatic hydroxyl groups excluding tert-OH is 1. The molecule has 1 saturated heterocycles. The lowest BCUT2D eigenvalue weighted by Crippen LogP contribution is -2.50. The van der Waals surface area contributed by atoms with Gasteiger partial charge in [0.25, 0.3) is 5.91 Å². The number of carbonyl (C=O) groups is 1. The summed E-state index contributed by atoms with van der Waals surface area (Å²) in [5.74, 6) is 0.482. The number of hydrogen-bond donors (Lipinski definition) is 2. The minimum Gasteiger partial charge on any atom is -0.424 e. The molecule has 0 aliphatic carbocycles. The van der Waals surface area contributed by atoms with Crippen molar-refractivity contribution in [2.24, 2.45) is 0 Å². The standard InChI is InChI=1S/C25H26N6O3/c1-17(32)24(33)31-10-8-30(9-11-31)16-18-2-3-20-13-22(5-4-19(20)12-18)34-25-26-14-21(15-27-25)23-6-7-28-29-23/h2-7,12-15,17,32H,8-11,16H2,1H3,(H,28,29). The van der Waals surface area contributed by atoms with E-state index in [-0.39, 0.29) is 11.9 Å². The molecule has 3 heterocycles. The highest BCUT2D eigenvalue weighted by atomic mass is 16.5. The second-order valence-corrected chi connectivity index (χ2v) is 8.45. The van der Waals surface area contributed by atoms with E-state index in [2.05, 4.69) is 43.3 Å². The van der Waals surface area contributed by atoms with Crippen LogP contribution in [0.3, 0.4) is 0 Å². The molecule has 1 unspecified atom stereocenters. The van der Waals surface area contributed by atoms with Crippen LogP contribution in [0.15, 0.2) is 61.1 Å². The van der Waals surface area contributed by atoms with Gasteiger partial charge in [-0.05, 0) is 47.5 Å². The van der Waals surface area contributed by atoms with Crippen LogP contribution in [-0.2, 0) is 11.3 Å². The Morgan fingerprint density at radius 2 is 1.79 bits per heavy atom. The van der Waals surface area contributed by atoms with E-state index < -0.39 is 6.10 Å². The molecule has 0 spiro atoms. The summed E-state index contributed by atoms with van der Waals surface area (Å²) >= 11 is 0. The minimum atomic E-state index is -0.936. The molecule has 5 rings (SSSR count). The van der Waals surface area contributed by atoms with Gasteiger partial charge in [0.2, 0.25) is 0 Å². The molecule has 1 amide bonds. The van der Waals surface area contributed by atoms with Crippen LogP contribution in [0.4, 0.5) is 0 Å².